The third-order valence-corrected chi connectivity index (χ3v) is 5.47. The fourth-order valence-corrected chi connectivity index (χ4v) is 3.72. The van der Waals surface area contributed by atoms with Crippen LogP contribution in [0.15, 0.2) is 17.1 Å². The number of aliphatic hydroxyl groups excluding tert-OH is 2. The number of anilines is 1. The van der Waals surface area contributed by atoms with Gasteiger partial charge in [0.15, 0.2) is 5.78 Å². The average molecular weight is 410 g/mol. The summed E-state index contributed by atoms with van der Waals surface area (Å²) in [6.07, 6.45) is 7.81. The van der Waals surface area contributed by atoms with E-state index in [1.165, 1.54) is 55.4 Å². The predicted molar refractivity (Wildman–Crippen MR) is 110 cm³/mol. The van der Waals surface area contributed by atoms with Gasteiger partial charge in [-0.2, -0.15) is 4.98 Å². The van der Waals surface area contributed by atoms with Crippen molar-refractivity contribution >= 4 is 11.6 Å². The molecule has 1 aromatic rings. The van der Waals surface area contributed by atoms with Crippen LogP contribution in [0.1, 0.15) is 83.8 Å². The van der Waals surface area contributed by atoms with Crippen molar-refractivity contribution in [3.8, 4) is 0 Å². The molecule has 8 nitrogen and oxygen atoms in total. The van der Waals surface area contributed by atoms with Crippen LogP contribution in [0.2, 0.25) is 0 Å². The molecule has 1 aliphatic heterocycles. The van der Waals surface area contributed by atoms with Crippen molar-refractivity contribution in [2.24, 2.45) is 0 Å². The van der Waals surface area contributed by atoms with E-state index in [9.17, 15) is 19.8 Å². The lowest BCUT2D eigenvalue weighted by Gasteiger charge is -2.20. The number of aromatic nitrogens is 2. The van der Waals surface area contributed by atoms with Crippen molar-refractivity contribution in [2.45, 2.75) is 102 Å². The molecule has 2 rings (SSSR count). The van der Waals surface area contributed by atoms with Crippen molar-refractivity contribution in [1.29, 1.82) is 0 Å². The Morgan fingerprint density at radius 1 is 1.24 bits per heavy atom. The average Bonchev–Trinajstić information content (AvgIpc) is 3.07. The SMILES string of the molecule is CCCCCCCCCCCC(=O)C(O)[C@H]1O[C@@H](n2ccc(N)nc2=O)C[C@@H]1O. The summed E-state index contributed by atoms with van der Waals surface area (Å²) < 4.78 is 6.82. The van der Waals surface area contributed by atoms with Gasteiger partial charge in [-0.05, 0) is 12.5 Å². The number of aliphatic hydroxyl groups is 2. The summed E-state index contributed by atoms with van der Waals surface area (Å²) in [6, 6.07) is 1.45. The topological polar surface area (TPSA) is 128 Å². The van der Waals surface area contributed by atoms with Crippen LogP contribution in [0, 0.1) is 0 Å². The van der Waals surface area contributed by atoms with Gasteiger partial charge in [0.1, 0.15) is 24.3 Å². The van der Waals surface area contributed by atoms with Crippen LogP contribution in [0.4, 0.5) is 5.82 Å². The predicted octanol–water partition coefficient (Wildman–Crippen LogP) is 2.32. The molecule has 1 unspecified atom stereocenters. The number of ether oxygens (including phenoxy) is 1. The molecule has 0 spiro atoms. The van der Waals surface area contributed by atoms with Crippen molar-refractivity contribution in [3.05, 3.63) is 22.7 Å². The van der Waals surface area contributed by atoms with E-state index in [-0.39, 0.29) is 24.4 Å². The van der Waals surface area contributed by atoms with Gasteiger partial charge in [-0.3, -0.25) is 9.36 Å². The van der Waals surface area contributed by atoms with E-state index in [0.29, 0.717) is 0 Å². The number of rotatable bonds is 13. The van der Waals surface area contributed by atoms with Crippen molar-refractivity contribution < 1.29 is 19.7 Å². The Labute approximate surface area is 172 Å². The van der Waals surface area contributed by atoms with Gasteiger partial charge in [0.2, 0.25) is 0 Å². The van der Waals surface area contributed by atoms with Gasteiger partial charge in [0, 0.05) is 19.0 Å². The molecular weight excluding hydrogens is 374 g/mol. The lowest BCUT2D eigenvalue weighted by Crippen LogP contribution is -2.40. The molecule has 164 valence electrons. The van der Waals surface area contributed by atoms with E-state index in [4.69, 9.17) is 10.5 Å². The summed E-state index contributed by atoms with van der Waals surface area (Å²) in [4.78, 5) is 27.9. The second-order valence-corrected chi connectivity index (χ2v) is 7.89. The van der Waals surface area contributed by atoms with Crippen LogP contribution in [-0.4, -0.2) is 43.9 Å². The standard InChI is InChI=1S/C21H35N3O5/c1-2-3-4-5-6-7-8-9-10-11-15(25)19(27)20-16(26)14-18(29-20)24-13-12-17(22)23-21(24)28/h12-13,16,18-20,26-27H,2-11,14H2,1H3,(H2,22,23,28)/t16-,18+,19?,20-/m0/s1. The first kappa shape index (κ1) is 23.5. The maximum Gasteiger partial charge on any atom is 0.351 e. The Morgan fingerprint density at radius 3 is 2.48 bits per heavy atom. The summed E-state index contributed by atoms with van der Waals surface area (Å²) in [5.74, 6) is -0.238. The van der Waals surface area contributed by atoms with Crippen molar-refractivity contribution in [1.82, 2.24) is 9.55 Å². The van der Waals surface area contributed by atoms with E-state index in [0.717, 1.165) is 19.3 Å². The smallest absolute Gasteiger partial charge is 0.351 e. The molecule has 29 heavy (non-hydrogen) atoms. The first-order valence-corrected chi connectivity index (χ1v) is 10.8. The van der Waals surface area contributed by atoms with Gasteiger partial charge in [0.25, 0.3) is 0 Å². The number of nitrogens with zero attached hydrogens (tertiary/aromatic N) is 2. The third-order valence-electron chi connectivity index (χ3n) is 5.47. The van der Waals surface area contributed by atoms with E-state index in [1.54, 1.807) is 0 Å². The minimum Gasteiger partial charge on any atom is -0.390 e. The van der Waals surface area contributed by atoms with Gasteiger partial charge in [-0.25, -0.2) is 4.79 Å². The lowest BCUT2D eigenvalue weighted by molar-refractivity contribution is -0.141. The highest BCUT2D eigenvalue weighted by Crippen LogP contribution is 2.30. The minimum atomic E-state index is -1.40. The quantitative estimate of drug-likeness (QED) is 0.427. The number of hydrogen-bond acceptors (Lipinski definition) is 7. The summed E-state index contributed by atoms with van der Waals surface area (Å²) in [7, 11) is 0. The molecule has 0 aromatic carbocycles. The molecule has 4 N–H and O–H groups in total. The molecule has 1 fully saturated rings. The normalized spacial score (nSPS) is 22.7. The monoisotopic (exact) mass is 409 g/mol. The number of hydrogen-bond donors (Lipinski definition) is 3. The third kappa shape index (κ3) is 7.21. The molecule has 0 bridgehead atoms. The van der Waals surface area contributed by atoms with E-state index in [2.05, 4.69) is 11.9 Å². The van der Waals surface area contributed by atoms with Crippen LogP contribution in [0.25, 0.3) is 0 Å². The number of nitrogens with two attached hydrogens (primary N) is 1. The van der Waals surface area contributed by atoms with E-state index in [1.807, 2.05) is 0 Å². The molecule has 0 saturated carbocycles. The summed E-state index contributed by atoms with van der Waals surface area (Å²) in [5.41, 5.74) is 4.87. The second-order valence-electron chi connectivity index (χ2n) is 7.89. The summed E-state index contributed by atoms with van der Waals surface area (Å²) >= 11 is 0. The second kappa shape index (κ2) is 12.0. The van der Waals surface area contributed by atoms with Gasteiger partial charge in [-0.1, -0.05) is 58.3 Å². The highest BCUT2D eigenvalue weighted by atomic mass is 16.5. The number of nitrogen functional groups attached to an aromatic ring is 1. The molecule has 4 atom stereocenters. The Kier molecular flexibility index (Phi) is 9.76. The zero-order chi connectivity index (χ0) is 21.2. The molecule has 8 heteroatoms. The molecule has 1 aliphatic rings. The van der Waals surface area contributed by atoms with Gasteiger partial charge in [-0.15, -0.1) is 0 Å². The summed E-state index contributed by atoms with van der Waals surface area (Å²) in [6.45, 7) is 2.20. The Morgan fingerprint density at radius 2 is 1.86 bits per heavy atom. The Balaban J connectivity index is 1.71. The number of Topliss-reactive ketones (excluding diaryl/α,β-unsaturated/α-hetero) is 1. The largest absolute Gasteiger partial charge is 0.390 e. The van der Waals surface area contributed by atoms with Crippen LogP contribution in [0.3, 0.4) is 0 Å². The molecule has 0 amide bonds. The fourth-order valence-electron chi connectivity index (χ4n) is 3.72. The van der Waals surface area contributed by atoms with E-state index >= 15 is 0 Å². The highest BCUT2D eigenvalue weighted by molar-refractivity contribution is 5.83. The number of ketones is 1. The van der Waals surface area contributed by atoms with Crippen molar-refractivity contribution in [3.63, 3.8) is 0 Å². The molecule has 1 aromatic heterocycles. The number of carbonyl (C=O) groups is 1. The molecule has 0 radical (unpaired) electrons. The number of carbonyl (C=O) groups excluding carboxylic acids is 1. The van der Waals surface area contributed by atoms with Crippen LogP contribution in [-0.2, 0) is 9.53 Å². The zero-order valence-electron chi connectivity index (χ0n) is 17.3. The minimum absolute atomic E-state index is 0.0949. The van der Waals surface area contributed by atoms with Crippen LogP contribution < -0.4 is 11.4 Å². The van der Waals surface area contributed by atoms with Gasteiger partial charge >= 0.3 is 5.69 Å². The summed E-state index contributed by atoms with van der Waals surface area (Å²) in [5, 5.41) is 20.5. The Hall–Kier alpha value is -1.77. The molecular formula is C21H35N3O5. The molecule has 0 aliphatic carbocycles. The van der Waals surface area contributed by atoms with Crippen LogP contribution >= 0.6 is 0 Å². The van der Waals surface area contributed by atoms with Crippen LogP contribution in [0.5, 0.6) is 0 Å². The maximum atomic E-state index is 12.3. The van der Waals surface area contributed by atoms with E-state index < -0.39 is 30.2 Å². The van der Waals surface area contributed by atoms with Crippen molar-refractivity contribution in [2.75, 3.05) is 5.73 Å². The molecule has 1 saturated heterocycles. The zero-order valence-corrected chi connectivity index (χ0v) is 17.3. The highest BCUT2D eigenvalue weighted by Gasteiger charge is 2.42. The van der Waals surface area contributed by atoms with Gasteiger partial charge in [0.05, 0.1) is 6.10 Å². The Bertz CT molecular complexity index is 693. The van der Waals surface area contributed by atoms with Gasteiger partial charge < -0.3 is 20.7 Å². The fraction of sp³-hybridized carbons (Fsp3) is 0.762. The lowest BCUT2D eigenvalue weighted by atomic mass is 9.99. The number of unbranched alkanes of at least 4 members (excludes halogenated alkanes) is 8. The molecule has 2 heterocycles. The maximum absolute atomic E-state index is 12.3. The first-order chi connectivity index (χ1) is 13.9. The first-order valence-electron chi connectivity index (χ1n) is 10.8.